The number of nitrogens with one attached hydrogen (secondary N) is 1. The van der Waals surface area contributed by atoms with Gasteiger partial charge in [0.25, 0.3) is 0 Å². The Bertz CT molecular complexity index is 115. The zero-order valence-electron chi connectivity index (χ0n) is 8.21. The largest absolute Gasteiger partial charge is 0.393 e. The second kappa shape index (κ2) is 4.83. The number of hydrogen-bond donors (Lipinski definition) is 2. The Balaban J connectivity index is 2.32. The normalized spacial score (nSPS) is 33.2. The first kappa shape index (κ1) is 10.0. The quantitative estimate of drug-likeness (QED) is 0.675. The number of aliphatic hydroxyl groups excluding tert-OH is 1. The van der Waals surface area contributed by atoms with Gasteiger partial charge in [-0.05, 0) is 45.1 Å². The van der Waals surface area contributed by atoms with Crippen molar-refractivity contribution in [3.8, 4) is 0 Å². The molecule has 2 nitrogen and oxygen atoms in total. The summed E-state index contributed by atoms with van der Waals surface area (Å²) >= 11 is 0. The van der Waals surface area contributed by atoms with Crippen LogP contribution in [-0.2, 0) is 0 Å². The summed E-state index contributed by atoms with van der Waals surface area (Å²) in [5.41, 5.74) is 0. The highest BCUT2D eigenvalue weighted by Crippen LogP contribution is 2.27. The predicted octanol–water partition coefficient (Wildman–Crippen LogP) is 1.54. The molecule has 0 heterocycles. The van der Waals surface area contributed by atoms with Gasteiger partial charge >= 0.3 is 0 Å². The minimum absolute atomic E-state index is 0.0180. The molecule has 1 saturated carbocycles. The van der Waals surface area contributed by atoms with Crippen LogP contribution in [0.4, 0.5) is 0 Å². The van der Waals surface area contributed by atoms with Gasteiger partial charge in [0.2, 0.25) is 0 Å². The maximum Gasteiger partial charge on any atom is 0.0540 e. The average Bonchev–Trinajstić information content (AvgIpc) is 2.10. The summed E-state index contributed by atoms with van der Waals surface area (Å²) in [5, 5.41) is 12.7. The first-order valence-corrected chi connectivity index (χ1v) is 5.13. The van der Waals surface area contributed by atoms with Crippen LogP contribution in [0.25, 0.3) is 0 Å². The van der Waals surface area contributed by atoms with Crippen LogP contribution in [-0.4, -0.2) is 24.3 Å². The maximum atomic E-state index is 9.33. The molecule has 1 unspecified atom stereocenters. The van der Waals surface area contributed by atoms with E-state index in [0.29, 0.717) is 6.04 Å². The number of rotatable bonds is 3. The minimum atomic E-state index is -0.0180. The molecule has 1 fully saturated rings. The Morgan fingerprint density at radius 2 is 1.92 bits per heavy atom. The zero-order chi connectivity index (χ0) is 8.97. The lowest BCUT2D eigenvalue weighted by atomic mass is 9.82. The molecule has 2 heteroatoms. The van der Waals surface area contributed by atoms with Gasteiger partial charge in [0.15, 0.2) is 0 Å². The molecule has 0 aromatic rings. The average molecular weight is 171 g/mol. The fraction of sp³-hybridized carbons (Fsp3) is 1.00. The van der Waals surface area contributed by atoms with E-state index in [2.05, 4.69) is 12.2 Å². The molecule has 2 N–H and O–H groups in total. The van der Waals surface area contributed by atoms with Crippen molar-refractivity contribution in [1.29, 1.82) is 0 Å². The van der Waals surface area contributed by atoms with Crippen LogP contribution in [0.5, 0.6) is 0 Å². The van der Waals surface area contributed by atoms with Gasteiger partial charge in [-0.3, -0.25) is 0 Å². The van der Waals surface area contributed by atoms with Crippen molar-refractivity contribution in [3.05, 3.63) is 0 Å². The van der Waals surface area contributed by atoms with Crippen LogP contribution in [0.3, 0.4) is 0 Å². The standard InChI is InChI=1S/C10H21NO/c1-3-10(11-2)8-4-6-9(12)7-5-8/h8-12H,3-7H2,1-2H3. The number of hydrogen-bond acceptors (Lipinski definition) is 2. The van der Waals surface area contributed by atoms with Gasteiger partial charge in [0.05, 0.1) is 6.10 Å². The third kappa shape index (κ3) is 2.46. The molecule has 0 amide bonds. The molecule has 0 aromatic carbocycles. The summed E-state index contributed by atoms with van der Waals surface area (Å²) in [6, 6.07) is 0.664. The van der Waals surface area contributed by atoms with E-state index in [1.807, 2.05) is 7.05 Å². The van der Waals surface area contributed by atoms with Crippen LogP contribution >= 0.6 is 0 Å². The molecule has 0 radical (unpaired) electrons. The maximum absolute atomic E-state index is 9.33. The van der Waals surface area contributed by atoms with Gasteiger partial charge in [-0.2, -0.15) is 0 Å². The van der Waals surface area contributed by atoms with Crippen molar-refractivity contribution in [2.24, 2.45) is 5.92 Å². The van der Waals surface area contributed by atoms with E-state index in [9.17, 15) is 5.11 Å². The molecule has 72 valence electrons. The Morgan fingerprint density at radius 3 is 2.33 bits per heavy atom. The fourth-order valence-corrected chi connectivity index (χ4v) is 2.28. The summed E-state index contributed by atoms with van der Waals surface area (Å²) in [7, 11) is 2.04. The van der Waals surface area contributed by atoms with Crippen LogP contribution in [0.15, 0.2) is 0 Å². The molecule has 0 bridgehead atoms. The monoisotopic (exact) mass is 171 g/mol. The molecule has 1 atom stereocenters. The molecule has 0 aliphatic heterocycles. The van der Waals surface area contributed by atoms with Gasteiger partial charge < -0.3 is 10.4 Å². The van der Waals surface area contributed by atoms with Crippen LogP contribution < -0.4 is 5.32 Å². The SMILES string of the molecule is CCC(NC)C1CCC(O)CC1. The predicted molar refractivity (Wildman–Crippen MR) is 51.1 cm³/mol. The van der Waals surface area contributed by atoms with E-state index in [4.69, 9.17) is 0 Å². The van der Waals surface area contributed by atoms with Gasteiger partial charge in [-0.1, -0.05) is 6.92 Å². The minimum Gasteiger partial charge on any atom is -0.393 e. The Kier molecular flexibility index (Phi) is 4.02. The van der Waals surface area contributed by atoms with Crippen molar-refractivity contribution in [3.63, 3.8) is 0 Å². The lowest BCUT2D eigenvalue weighted by Crippen LogP contribution is -2.36. The smallest absolute Gasteiger partial charge is 0.0540 e. The summed E-state index contributed by atoms with van der Waals surface area (Å²) in [6.45, 7) is 2.23. The van der Waals surface area contributed by atoms with Crippen molar-refractivity contribution in [1.82, 2.24) is 5.32 Å². The van der Waals surface area contributed by atoms with Gasteiger partial charge in [0, 0.05) is 6.04 Å². The molecule has 0 saturated heterocycles. The van der Waals surface area contributed by atoms with E-state index >= 15 is 0 Å². The highest BCUT2D eigenvalue weighted by atomic mass is 16.3. The lowest BCUT2D eigenvalue weighted by molar-refractivity contribution is 0.0976. The molecule has 0 aromatic heterocycles. The molecule has 1 aliphatic carbocycles. The van der Waals surface area contributed by atoms with Crippen LogP contribution in [0.1, 0.15) is 39.0 Å². The Labute approximate surface area is 75.4 Å². The first-order valence-electron chi connectivity index (χ1n) is 5.13. The first-order chi connectivity index (χ1) is 5.77. The van der Waals surface area contributed by atoms with Crippen LogP contribution in [0.2, 0.25) is 0 Å². The van der Waals surface area contributed by atoms with Gasteiger partial charge in [-0.25, -0.2) is 0 Å². The second-order valence-corrected chi connectivity index (χ2v) is 3.87. The second-order valence-electron chi connectivity index (χ2n) is 3.87. The van der Waals surface area contributed by atoms with Gasteiger partial charge in [-0.15, -0.1) is 0 Å². The van der Waals surface area contributed by atoms with Crippen molar-refractivity contribution in [2.45, 2.75) is 51.2 Å². The summed E-state index contributed by atoms with van der Waals surface area (Å²) < 4.78 is 0. The summed E-state index contributed by atoms with van der Waals surface area (Å²) in [5.74, 6) is 0.795. The van der Waals surface area contributed by atoms with Gasteiger partial charge in [0.1, 0.15) is 0 Å². The third-order valence-corrected chi connectivity index (χ3v) is 3.12. The molecule has 12 heavy (non-hydrogen) atoms. The lowest BCUT2D eigenvalue weighted by Gasteiger charge is -2.31. The molecule has 1 aliphatic rings. The topological polar surface area (TPSA) is 32.3 Å². The van der Waals surface area contributed by atoms with Crippen molar-refractivity contribution in [2.75, 3.05) is 7.05 Å². The van der Waals surface area contributed by atoms with E-state index in [-0.39, 0.29) is 6.10 Å². The van der Waals surface area contributed by atoms with Crippen molar-refractivity contribution < 1.29 is 5.11 Å². The highest BCUT2D eigenvalue weighted by molar-refractivity contribution is 4.79. The Hall–Kier alpha value is -0.0800. The van der Waals surface area contributed by atoms with Crippen molar-refractivity contribution >= 4 is 0 Å². The Morgan fingerprint density at radius 1 is 1.33 bits per heavy atom. The third-order valence-electron chi connectivity index (χ3n) is 3.12. The fourth-order valence-electron chi connectivity index (χ4n) is 2.28. The summed E-state index contributed by atoms with van der Waals surface area (Å²) in [4.78, 5) is 0. The molecule has 1 rings (SSSR count). The van der Waals surface area contributed by atoms with E-state index in [1.165, 1.54) is 19.3 Å². The molecule has 0 spiro atoms. The molecular formula is C10H21NO. The van der Waals surface area contributed by atoms with E-state index in [0.717, 1.165) is 18.8 Å². The molecular weight excluding hydrogens is 150 g/mol. The van der Waals surface area contributed by atoms with E-state index < -0.39 is 0 Å². The van der Waals surface area contributed by atoms with Crippen LogP contribution in [0, 0.1) is 5.92 Å². The van der Waals surface area contributed by atoms with E-state index in [1.54, 1.807) is 0 Å². The zero-order valence-corrected chi connectivity index (χ0v) is 8.21. The summed E-state index contributed by atoms with van der Waals surface area (Å²) in [6.07, 6.45) is 5.58. The highest BCUT2D eigenvalue weighted by Gasteiger charge is 2.24. The number of aliphatic hydroxyl groups is 1.